The molecule has 1 amide bonds. The van der Waals surface area contributed by atoms with E-state index in [1.165, 1.54) is 7.11 Å². The number of aryl methyl sites for hydroxylation is 1. The summed E-state index contributed by atoms with van der Waals surface area (Å²) in [7, 11) is 1.49. The van der Waals surface area contributed by atoms with Crippen LogP contribution < -0.4 is 21.5 Å². The van der Waals surface area contributed by atoms with Crippen LogP contribution in [-0.4, -0.2) is 18.0 Å². The Kier molecular flexibility index (Phi) is 4.59. The van der Waals surface area contributed by atoms with Crippen molar-refractivity contribution >= 4 is 56.3 Å². The Labute approximate surface area is 158 Å². The van der Waals surface area contributed by atoms with Crippen LogP contribution in [0.25, 0.3) is 10.2 Å². The molecule has 7 nitrogen and oxygen atoms in total. The summed E-state index contributed by atoms with van der Waals surface area (Å²) in [6.07, 6.45) is 0. The van der Waals surface area contributed by atoms with Crippen LogP contribution in [0.15, 0.2) is 18.2 Å². The zero-order chi connectivity index (χ0) is 19.0. The van der Waals surface area contributed by atoms with Crippen molar-refractivity contribution in [1.82, 2.24) is 4.98 Å². The van der Waals surface area contributed by atoms with Crippen molar-refractivity contribution < 1.29 is 9.53 Å². The van der Waals surface area contributed by atoms with Crippen LogP contribution in [0.5, 0.6) is 5.75 Å². The van der Waals surface area contributed by atoms with Crippen molar-refractivity contribution in [3.8, 4) is 11.8 Å². The lowest BCUT2D eigenvalue weighted by molar-refractivity contribution is 0.103. The number of benzene rings is 1. The number of nitrogens with zero attached hydrogens (tertiary/aromatic N) is 2. The van der Waals surface area contributed by atoms with Gasteiger partial charge in [0.15, 0.2) is 0 Å². The molecule has 2 aromatic heterocycles. The Morgan fingerprint density at radius 1 is 1.42 bits per heavy atom. The lowest BCUT2D eigenvalue weighted by Crippen LogP contribution is -2.12. The summed E-state index contributed by atoms with van der Waals surface area (Å²) in [5.41, 5.74) is 13.5. The Balaban J connectivity index is 2.08. The van der Waals surface area contributed by atoms with E-state index in [1.54, 1.807) is 25.1 Å². The molecule has 5 N–H and O–H groups in total. The average molecular weight is 388 g/mol. The molecule has 9 heteroatoms. The highest BCUT2D eigenvalue weighted by Gasteiger charge is 2.22. The van der Waals surface area contributed by atoms with Gasteiger partial charge < -0.3 is 21.5 Å². The van der Waals surface area contributed by atoms with Gasteiger partial charge in [-0.25, -0.2) is 4.98 Å². The predicted molar refractivity (Wildman–Crippen MR) is 104 cm³/mol. The second-order valence-corrected chi connectivity index (χ2v) is 6.87. The van der Waals surface area contributed by atoms with E-state index in [9.17, 15) is 10.1 Å². The summed E-state index contributed by atoms with van der Waals surface area (Å²) in [6.45, 7) is 1.73. The fourth-order valence-corrected chi connectivity index (χ4v) is 3.85. The number of pyridine rings is 1. The number of nitrogens with two attached hydrogens (primary N) is 2. The Hall–Kier alpha value is -3.02. The molecule has 132 valence electrons. The van der Waals surface area contributed by atoms with Crippen molar-refractivity contribution in [3.05, 3.63) is 39.2 Å². The van der Waals surface area contributed by atoms with Gasteiger partial charge in [-0.15, -0.1) is 11.3 Å². The minimum absolute atomic E-state index is 0.113. The van der Waals surface area contributed by atoms with Crippen LogP contribution in [0, 0.1) is 18.3 Å². The van der Waals surface area contributed by atoms with Gasteiger partial charge in [-0.2, -0.15) is 5.26 Å². The van der Waals surface area contributed by atoms with Crippen molar-refractivity contribution in [2.75, 3.05) is 23.9 Å². The Morgan fingerprint density at radius 2 is 2.15 bits per heavy atom. The molecule has 0 aliphatic carbocycles. The minimum atomic E-state index is -0.428. The van der Waals surface area contributed by atoms with Gasteiger partial charge in [-0.3, -0.25) is 4.79 Å². The number of carbonyl (C=O) groups excluding carboxylic acids is 1. The van der Waals surface area contributed by atoms with Gasteiger partial charge in [0, 0.05) is 10.4 Å². The molecule has 0 fully saturated rings. The molecular formula is C17H14ClN5O2S. The third-order valence-corrected chi connectivity index (χ3v) is 5.22. The van der Waals surface area contributed by atoms with Gasteiger partial charge in [-0.05, 0) is 30.7 Å². The first-order valence-corrected chi connectivity index (χ1v) is 8.59. The summed E-state index contributed by atoms with van der Waals surface area (Å²) in [5, 5.41) is 13.0. The van der Waals surface area contributed by atoms with Gasteiger partial charge in [-0.1, -0.05) is 11.6 Å². The molecule has 26 heavy (non-hydrogen) atoms. The number of nitrogens with one attached hydrogen (secondary N) is 1. The number of nitrogen functional groups attached to an aromatic ring is 2. The number of fused-ring (bicyclic) bond motifs is 1. The topological polar surface area (TPSA) is 127 Å². The molecule has 2 heterocycles. The van der Waals surface area contributed by atoms with Crippen molar-refractivity contribution in [2.45, 2.75) is 6.92 Å². The van der Waals surface area contributed by atoms with Crippen LogP contribution >= 0.6 is 22.9 Å². The molecule has 0 saturated carbocycles. The molecule has 3 rings (SSSR count). The number of thiophene rings is 1. The van der Waals surface area contributed by atoms with Crippen molar-refractivity contribution in [2.24, 2.45) is 0 Å². The van der Waals surface area contributed by atoms with Gasteiger partial charge in [0.1, 0.15) is 27.3 Å². The normalized spacial score (nSPS) is 10.5. The summed E-state index contributed by atoms with van der Waals surface area (Å²) in [6, 6.07) is 6.90. The lowest BCUT2D eigenvalue weighted by atomic mass is 10.1. The zero-order valence-corrected chi connectivity index (χ0v) is 15.5. The van der Waals surface area contributed by atoms with Crippen LogP contribution in [0.4, 0.5) is 17.2 Å². The van der Waals surface area contributed by atoms with E-state index in [0.29, 0.717) is 32.2 Å². The third kappa shape index (κ3) is 2.87. The highest BCUT2D eigenvalue weighted by Crippen LogP contribution is 2.38. The van der Waals surface area contributed by atoms with Crippen molar-refractivity contribution in [1.29, 1.82) is 5.26 Å². The number of nitriles is 1. The van der Waals surface area contributed by atoms with Gasteiger partial charge in [0.2, 0.25) is 0 Å². The van der Waals surface area contributed by atoms with Crippen molar-refractivity contribution in [3.63, 3.8) is 0 Å². The number of rotatable bonds is 3. The molecular weight excluding hydrogens is 374 g/mol. The number of carbonyl (C=O) groups is 1. The standard InChI is InChI=1S/C17H14ClN5O2S/c1-7-9(6-19)15(21)23-17-12(7)13(20)14(26-17)16(24)22-10-5-8(18)3-4-11(10)25-2/h3-5H,20H2,1-2H3,(H2,21,23)(H,22,24). The largest absolute Gasteiger partial charge is 0.495 e. The van der Waals surface area contributed by atoms with Crippen LogP contribution in [0.1, 0.15) is 20.8 Å². The number of aromatic nitrogens is 1. The molecule has 0 saturated heterocycles. The summed E-state index contributed by atoms with van der Waals surface area (Å²) < 4.78 is 5.23. The third-order valence-electron chi connectivity index (χ3n) is 3.88. The van der Waals surface area contributed by atoms with E-state index in [4.69, 9.17) is 27.8 Å². The maximum absolute atomic E-state index is 12.7. The number of anilines is 3. The van der Waals surface area contributed by atoms with Gasteiger partial charge in [0.05, 0.1) is 24.0 Å². The lowest BCUT2D eigenvalue weighted by Gasteiger charge is -2.10. The molecule has 0 unspecified atom stereocenters. The molecule has 0 bridgehead atoms. The predicted octanol–water partition coefficient (Wildman–Crippen LogP) is 3.56. The molecule has 0 spiro atoms. The fraction of sp³-hybridized carbons (Fsp3) is 0.118. The van der Waals surface area contributed by atoms with E-state index in [2.05, 4.69) is 10.3 Å². The maximum atomic E-state index is 12.7. The number of methoxy groups -OCH3 is 1. The van der Waals surface area contributed by atoms with E-state index in [0.717, 1.165) is 11.3 Å². The highest BCUT2D eigenvalue weighted by molar-refractivity contribution is 7.21. The van der Waals surface area contributed by atoms with Gasteiger partial charge in [0.25, 0.3) is 5.91 Å². The Bertz CT molecular complexity index is 1090. The average Bonchev–Trinajstić information content (AvgIpc) is 2.92. The first-order chi connectivity index (χ1) is 12.4. The Morgan fingerprint density at radius 3 is 2.81 bits per heavy atom. The number of halogens is 1. The van der Waals surface area contributed by atoms with Crippen LogP contribution in [0.3, 0.4) is 0 Å². The van der Waals surface area contributed by atoms with E-state index < -0.39 is 5.91 Å². The summed E-state index contributed by atoms with van der Waals surface area (Å²) in [5.74, 6) is 0.150. The maximum Gasteiger partial charge on any atom is 0.268 e. The van der Waals surface area contributed by atoms with Gasteiger partial charge >= 0.3 is 0 Å². The second kappa shape index (κ2) is 6.71. The van der Waals surface area contributed by atoms with E-state index in [1.807, 2.05) is 6.07 Å². The number of amides is 1. The molecule has 0 atom stereocenters. The SMILES string of the molecule is COc1ccc(Cl)cc1NC(=O)c1sc2nc(N)c(C#N)c(C)c2c1N. The molecule has 0 aliphatic heterocycles. The number of hydrogen-bond acceptors (Lipinski definition) is 7. The van der Waals surface area contributed by atoms with E-state index >= 15 is 0 Å². The molecule has 1 aromatic carbocycles. The van der Waals surface area contributed by atoms with Crippen LogP contribution in [0.2, 0.25) is 5.02 Å². The smallest absolute Gasteiger partial charge is 0.268 e. The molecule has 0 aliphatic rings. The summed E-state index contributed by atoms with van der Waals surface area (Å²) >= 11 is 7.09. The first-order valence-electron chi connectivity index (χ1n) is 7.40. The summed E-state index contributed by atoms with van der Waals surface area (Å²) in [4.78, 5) is 17.7. The van der Waals surface area contributed by atoms with Crippen LogP contribution in [-0.2, 0) is 0 Å². The first kappa shape index (κ1) is 17.8. The fourth-order valence-electron chi connectivity index (χ4n) is 2.62. The number of hydrogen-bond donors (Lipinski definition) is 3. The molecule has 0 radical (unpaired) electrons. The quantitative estimate of drug-likeness (QED) is 0.630. The monoisotopic (exact) mass is 387 g/mol. The molecule has 3 aromatic rings. The zero-order valence-electron chi connectivity index (χ0n) is 13.9. The number of ether oxygens (including phenoxy) is 1. The second-order valence-electron chi connectivity index (χ2n) is 5.43. The highest BCUT2D eigenvalue weighted by atomic mass is 35.5. The van der Waals surface area contributed by atoms with E-state index in [-0.39, 0.29) is 21.9 Å². The minimum Gasteiger partial charge on any atom is -0.495 e.